The Morgan fingerprint density at radius 2 is 1.81 bits per heavy atom. The van der Waals surface area contributed by atoms with Gasteiger partial charge < -0.3 is 25.4 Å². The van der Waals surface area contributed by atoms with Crippen molar-refractivity contribution in [3.05, 3.63) is 71.3 Å². The van der Waals surface area contributed by atoms with Crippen LogP contribution in [0.2, 0.25) is 0 Å². The number of aryl methyl sites for hydroxylation is 1. The molecular formula is C26H31F2N3O5. The molecule has 8 nitrogen and oxygen atoms in total. The molecule has 1 heterocycles. The van der Waals surface area contributed by atoms with Gasteiger partial charge in [-0.05, 0) is 37.0 Å². The molecule has 0 aliphatic carbocycles. The maximum absolute atomic E-state index is 14.4. The summed E-state index contributed by atoms with van der Waals surface area (Å²) >= 11 is 0. The first-order valence-corrected chi connectivity index (χ1v) is 11.8. The highest BCUT2D eigenvalue weighted by Crippen LogP contribution is 2.33. The zero-order chi connectivity index (χ0) is 26.3. The van der Waals surface area contributed by atoms with Crippen molar-refractivity contribution < 1.29 is 33.0 Å². The highest BCUT2D eigenvalue weighted by molar-refractivity contribution is 5.90. The molecule has 1 saturated heterocycles. The Bertz CT molecular complexity index is 1070. The lowest BCUT2D eigenvalue weighted by atomic mass is 10.00. The van der Waals surface area contributed by atoms with E-state index >= 15 is 0 Å². The molecule has 0 aromatic heterocycles. The number of likely N-dealkylation sites (tertiary alicyclic amines) is 1. The Hall–Kier alpha value is -3.53. The standard InChI is InChI=1S/C26H31F2N3O5/c1-3-36-25(35)30-20(13-18-10-5-4-6-11-18)22(32)24(34)31-16-26(27,28)14-21(31)23(33)29-15-19-12-8-7-9-17(19)2/h4-12,20-22,32H,3,13-16H2,1-2H3,(H,29,33)(H,30,35)/t20?,21-,22-/m0/s1. The molecule has 0 bridgehead atoms. The lowest BCUT2D eigenvalue weighted by Crippen LogP contribution is -2.56. The summed E-state index contributed by atoms with van der Waals surface area (Å²) in [6.07, 6.45) is -3.56. The average molecular weight is 504 g/mol. The molecule has 1 fully saturated rings. The highest BCUT2D eigenvalue weighted by atomic mass is 19.3. The fourth-order valence-corrected chi connectivity index (χ4v) is 4.17. The molecule has 1 aliphatic rings. The number of aliphatic hydroxyl groups excluding tert-OH is 1. The Morgan fingerprint density at radius 1 is 1.14 bits per heavy atom. The van der Waals surface area contributed by atoms with Crippen molar-refractivity contribution in [1.82, 2.24) is 15.5 Å². The van der Waals surface area contributed by atoms with Gasteiger partial charge in [-0.15, -0.1) is 0 Å². The minimum absolute atomic E-state index is 0.0426. The van der Waals surface area contributed by atoms with E-state index in [1.165, 1.54) is 0 Å². The van der Waals surface area contributed by atoms with E-state index in [4.69, 9.17) is 4.74 Å². The zero-order valence-corrected chi connectivity index (χ0v) is 20.2. The van der Waals surface area contributed by atoms with Gasteiger partial charge >= 0.3 is 6.09 Å². The van der Waals surface area contributed by atoms with Crippen molar-refractivity contribution in [1.29, 1.82) is 0 Å². The van der Waals surface area contributed by atoms with Crippen molar-refractivity contribution in [2.75, 3.05) is 13.2 Å². The molecule has 0 spiro atoms. The van der Waals surface area contributed by atoms with Crippen LogP contribution in [-0.4, -0.2) is 65.2 Å². The van der Waals surface area contributed by atoms with Crippen LogP contribution >= 0.6 is 0 Å². The Labute approximate surface area is 208 Å². The number of halogens is 2. The number of nitrogens with one attached hydrogen (secondary N) is 2. The second-order valence-electron chi connectivity index (χ2n) is 8.79. The van der Waals surface area contributed by atoms with Gasteiger partial charge in [0.1, 0.15) is 6.04 Å². The lowest BCUT2D eigenvalue weighted by Gasteiger charge is -2.29. The van der Waals surface area contributed by atoms with Gasteiger partial charge in [-0.25, -0.2) is 13.6 Å². The molecule has 3 atom stereocenters. The number of aliphatic hydroxyl groups is 1. The van der Waals surface area contributed by atoms with Gasteiger partial charge in [0, 0.05) is 13.0 Å². The zero-order valence-electron chi connectivity index (χ0n) is 20.2. The molecule has 36 heavy (non-hydrogen) atoms. The summed E-state index contributed by atoms with van der Waals surface area (Å²) in [6.45, 7) is 2.62. The van der Waals surface area contributed by atoms with E-state index in [-0.39, 0.29) is 19.6 Å². The number of carbonyl (C=O) groups is 3. The van der Waals surface area contributed by atoms with E-state index in [0.717, 1.165) is 11.1 Å². The summed E-state index contributed by atoms with van der Waals surface area (Å²) in [5, 5.41) is 16.0. The predicted octanol–water partition coefficient (Wildman–Crippen LogP) is 2.57. The quantitative estimate of drug-likeness (QED) is 0.488. The number of carbonyl (C=O) groups excluding carboxylic acids is 3. The van der Waals surface area contributed by atoms with E-state index in [1.54, 1.807) is 49.4 Å². The monoisotopic (exact) mass is 503 g/mol. The number of nitrogens with zero attached hydrogens (tertiary/aromatic N) is 1. The molecular weight excluding hydrogens is 472 g/mol. The van der Waals surface area contributed by atoms with Crippen LogP contribution < -0.4 is 10.6 Å². The number of hydrogen-bond donors (Lipinski definition) is 3. The SMILES string of the molecule is CCOC(=O)NC(Cc1ccccc1)[C@H](O)C(=O)N1CC(F)(F)C[C@H]1C(=O)NCc1ccccc1C. The van der Waals surface area contributed by atoms with Crippen molar-refractivity contribution in [3.8, 4) is 0 Å². The van der Waals surface area contributed by atoms with Gasteiger partial charge in [0.05, 0.1) is 19.2 Å². The van der Waals surface area contributed by atoms with Crippen LogP contribution in [0.25, 0.3) is 0 Å². The third-order valence-corrected chi connectivity index (χ3v) is 6.08. The third kappa shape index (κ3) is 7.00. The topological polar surface area (TPSA) is 108 Å². The van der Waals surface area contributed by atoms with Crippen LogP contribution in [0.3, 0.4) is 0 Å². The van der Waals surface area contributed by atoms with Crippen LogP contribution in [0, 0.1) is 6.92 Å². The number of rotatable bonds is 9. The number of ether oxygens (including phenoxy) is 1. The van der Waals surface area contributed by atoms with Crippen LogP contribution in [-0.2, 0) is 27.3 Å². The minimum atomic E-state index is -3.30. The maximum Gasteiger partial charge on any atom is 0.407 e. The molecule has 0 saturated carbocycles. The van der Waals surface area contributed by atoms with Crippen molar-refractivity contribution in [2.45, 2.75) is 57.3 Å². The van der Waals surface area contributed by atoms with Gasteiger partial charge in [-0.3, -0.25) is 9.59 Å². The average Bonchev–Trinajstić information content (AvgIpc) is 3.18. The van der Waals surface area contributed by atoms with Crippen LogP contribution in [0.5, 0.6) is 0 Å². The smallest absolute Gasteiger partial charge is 0.407 e. The fourth-order valence-electron chi connectivity index (χ4n) is 4.17. The minimum Gasteiger partial charge on any atom is -0.450 e. The van der Waals surface area contributed by atoms with E-state index in [2.05, 4.69) is 10.6 Å². The molecule has 3 N–H and O–H groups in total. The second-order valence-corrected chi connectivity index (χ2v) is 8.79. The van der Waals surface area contributed by atoms with Gasteiger partial charge in [0.2, 0.25) is 5.91 Å². The molecule has 194 valence electrons. The van der Waals surface area contributed by atoms with Crippen LogP contribution in [0.4, 0.5) is 13.6 Å². The normalized spacial score (nSPS) is 18.2. The van der Waals surface area contributed by atoms with Gasteiger partial charge in [-0.2, -0.15) is 0 Å². The van der Waals surface area contributed by atoms with Crippen molar-refractivity contribution in [2.24, 2.45) is 0 Å². The summed E-state index contributed by atoms with van der Waals surface area (Å²) in [6, 6.07) is 13.4. The van der Waals surface area contributed by atoms with E-state index in [9.17, 15) is 28.3 Å². The number of benzene rings is 2. The first-order valence-electron chi connectivity index (χ1n) is 11.8. The largest absolute Gasteiger partial charge is 0.450 e. The Kier molecular flexibility index (Phi) is 8.98. The van der Waals surface area contributed by atoms with Gasteiger partial charge in [0.25, 0.3) is 11.8 Å². The summed E-state index contributed by atoms with van der Waals surface area (Å²) in [5.74, 6) is -5.11. The maximum atomic E-state index is 14.4. The van der Waals surface area contributed by atoms with Crippen molar-refractivity contribution in [3.63, 3.8) is 0 Å². The number of alkyl halides is 2. The van der Waals surface area contributed by atoms with Crippen molar-refractivity contribution >= 4 is 17.9 Å². The van der Waals surface area contributed by atoms with E-state index < -0.39 is 55.0 Å². The number of amides is 3. The Morgan fingerprint density at radius 3 is 2.47 bits per heavy atom. The first kappa shape index (κ1) is 27.1. The summed E-state index contributed by atoms with van der Waals surface area (Å²) in [7, 11) is 0. The van der Waals surface area contributed by atoms with Crippen LogP contribution in [0.15, 0.2) is 54.6 Å². The van der Waals surface area contributed by atoms with E-state index in [1.807, 2.05) is 19.1 Å². The van der Waals surface area contributed by atoms with E-state index in [0.29, 0.717) is 10.5 Å². The number of alkyl carbamates (subject to hydrolysis) is 1. The molecule has 2 aromatic rings. The second kappa shape index (κ2) is 11.9. The molecule has 10 heteroatoms. The highest BCUT2D eigenvalue weighted by Gasteiger charge is 2.51. The molecule has 1 aliphatic heterocycles. The summed E-state index contributed by atoms with van der Waals surface area (Å²) in [4.78, 5) is 38.8. The molecule has 3 amide bonds. The molecule has 0 radical (unpaired) electrons. The number of hydrogen-bond acceptors (Lipinski definition) is 5. The third-order valence-electron chi connectivity index (χ3n) is 6.08. The lowest BCUT2D eigenvalue weighted by molar-refractivity contribution is -0.147. The molecule has 2 aromatic carbocycles. The van der Waals surface area contributed by atoms with Gasteiger partial charge in [-0.1, -0.05) is 54.6 Å². The van der Waals surface area contributed by atoms with Gasteiger partial charge in [0.15, 0.2) is 6.10 Å². The summed E-state index contributed by atoms with van der Waals surface area (Å²) in [5.41, 5.74) is 2.44. The fraction of sp³-hybridized carbons (Fsp3) is 0.423. The molecule has 1 unspecified atom stereocenters. The first-order chi connectivity index (χ1) is 17.1. The Balaban J connectivity index is 1.76. The summed E-state index contributed by atoms with van der Waals surface area (Å²) < 4.78 is 33.6. The predicted molar refractivity (Wildman–Crippen MR) is 128 cm³/mol. The molecule has 3 rings (SSSR count). The van der Waals surface area contributed by atoms with Crippen LogP contribution in [0.1, 0.15) is 30.0 Å².